The lowest BCUT2D eigenvalue weighted by Gasteiger charge is -2.36. The minimum absolute atomic E-state index is 0.110. The number of hydrogen-bond acceptors (Lipinski definition) is 4. The summed E-state index contributed by atoms with van der Waals surface area (Å²) >= 11 is 0. The third-order valence-corrected chi connectivity index (χ3v) is 3.88. The highest BCUT2D eigenvalue weighted by molar-refractivity contribution is 6.48. The number of hydrogen-bond donors (Lipinski definition) is 1. The molecule has 1 aliphatic carbocycles. The van der Waals surface area contributed by atoms with E-state index in [2.05, 4.69) is 0 Å². The molecule has 5 nitrogen and oxygen atoms in total. The van der Waals surface area contributed by atoms with Crippen molar-refractivity contribution < 1.29 is 19.5 Å². The van der Waals surface area contributed by atoms with Crippen LogP contribution in [0, 0.1) is 5.92 Å². The molecule has 1 aromatic rings. The van der Waals surface area contributed by atoms with Gasteiger partial charge in [-0.05, 0) is 37.2 Å². The van der Waals surface area contributed by atoms with Crippen molar-refractivity contribution in [2.45, 2.75) is 32.1 Å². The molecule has 0 saturated heterocycles. The van der Waals surface area contributed by atoms with Crippen LogP contribution < -0.4 is 0 Å². The molecule has 0 radical (unpaired) electrons. The Kier molecular flexibility index (Phi) is 3.35. The Morgan fingerprint density at radius 3 is 2.30 bits per heavy atom. The summed E-state index contributed by atoms with van der Waals surface area (Å²) in [5.74, 6) is -0.357. The summed E-state index contributed by atoms with van der Waals surface area (Å²) in [4.78, 5) is 29.7. The number of carbonyl (C=O) groups excluding carboxylic acids is 2. The van der Waals surface area contributed by atoms with Gasteiger partial charge < -0.3 is 5.02 Å². The standard InChI is InChI=1S/C14H16BNO4/c1-15(19)8-9-6-10(7-9)20-16-13(17)11-4-2-3-5-12(11)14(16)18/h2-5,9-10,19H,6-8H2,1H3. The van der Waals surface area contributed by atoms with E-state index in [4.69, 9.17) is 4.84 Å². The van der Waals surface area contributed by atoms with Gasteiger partial charge in [0.1, 0.15) is 0 Å². The Bertz CT molecular complexity index is 519. The molecule has 0 bridgehead atoms. The highest BCUT2D eigenvalue weighted by Gasteiger charge is 2.41. The van der Waals surface area contributed by atoms with E-state index in [1.165, 1.54) is 0 Å². The molecule has 1 fully saturated rings. The summed E-state index contributed by atoms with van der Waals surface area (Å²) in [6.07, 6.45) is 2.18. The van der Waals surface area contributed by atoms with Gasteiger partial charge in [-0.25, -0.2) is 0 Å². The molecule has 0 spiro atoms. The van der Waals surface area contributed by atoms with Gasteiger partial charge in [-0.3, -0.25) is 14.4 Å². The smallest absolute Gasteiger partial charge is 0.286 e. The SMILES string of the molecule is CB(O)CC1CC(ON2C(=O)c3ccccc3C2=O)C1. The van der Waals surface area contributed by atoms with Gasteiger partial charge in [-0.1, -0.05) is 19.0 Å². The summed E-state index contributed by atoms with van der Waals surface area (Å²) in [6, 6.07) is 6.73. The van der Waals surface area contributed by atoms with Crippen LogP contribution in [0.4, 0.5) is 0 Å². The van der Waals surface area contributed by atoms with Crippen molar-refractivity contribution in [1.29, 1.82) is 0 Å². The van der Waals surface area contributed by atoms with E-state index in [0.29, 0.717) is 17.0 Å². The molecule has 1 aliphatic heterocycles. The third kappa shape index (κ3) is 2.25. The molecular formula is C14H16BNO4. The molecule has 20 heavy (non-hydrogen) atoms. The largest absolute Gasteiger partial charge is 0.451 e. The van der Waals surface area contributed by atoms with Crippen molar-refractivity contribution in [3.05, 3.63) is 35.4 Å². The number of carbonyl (C=O) groups is 2. The van der Waals surface area contributed by atoms with Crippen LogP contribution in [0.2, 0.25) is 13.1 Å². The Balaban J connectivity index is 1.61. The first-order chi connectivity index (χ1) is 9.56. The van der Waals surface area contributed by atoms with E-state index >= 15 is 0 Å². The van der Waals surface area contributed by atoms with Crippen LogP contribution in [0.3, 0.4) is 0 Å². The maximum absolute atomic E-state index is 12.1. The molecule has 0 aromatic heterocycles. The minimum Gasteiger partial charge on any atom is -0.451 e. The zero-order chi connectivity index (χ0) is 14.3. The molecule has 1 heterocycles. The van der Waals surface area contributed by atoms with Gasteiger partial charge in [0.2, 0.25) is 0 Å². The molecule has 2 aliphatic rings. The molecule has 1 N–H and O–H groups in total. The number of rotatable bonds is 4. The number of amides is 2. The van der Waals surface area contributed by atoms with Crippen LogP contribution in [0.25, 0.3) is 0 Å². The van der Waals surface area contributed by atoms with Gasteiger partial charge in [0.05, 0.1) is 17.2 Å². The molecule has 0 atom stereocenters. The van der Waals surface area contributed by atoms with Crippen LogP contribution in [0.15, 0.2) is 24.3 Å². The van der Waals surface area contributed by atoms with E-state index in [-0.39, 0.29) is 24.8 Å². The Labute approximate surface area is 117 Å². The summed E-state index contributed by atoms with van der Waals surface area (Å²) in [6.45, 7) is 1.44. The van der Waals surface area contributed by atoms with Crippen molar-refractivity contribution in [2.75, 3.05) is 0 Å². The monoisotopic (exact) mass is 273 g/mol. The van der Waals surface area contributed by atoms with Crippen molar-refractivity contribution in [3.63, 3.8) is 0 Å². The Morgan fingerprint density at radius 2 is 1.80 bits per heavy atom. The Hall–Kier alpha value is -1.66. The zero-order valence-electron chi connectivity index (χ0n) is 11.3. The predicted octanol–water partition coefficient (Wildman–Crippen LogP) is 1.61. The van der Waals surface area contributed by atoms with Crippen LogP contribution in [-0.2, 0) is 4.84 Å². The number of benzene rings is 1. The lowest BCUT2D eigenvalue weighted by Crippen LogP contribution is -2.41. The van der Waals surface area contributed by atoms with Crippen molar-refractivity contribution in [2.24, 2.45) is 5.92 Å². The maximum Gasteiger partial charge on any atom is 0.286 e. The molecule has 104 valence electrons. The maximum atomic E-state index is 12.1. The van der Waals surface area contributed by atoms with Crippen LogP contribution >= 0.6 is 0 Å². The summed E-state index contributed by atoms with van der Waals surface area (Å²) in [7, 11) is 0. The highest BCUT2D eigenvalue weighted by atomic mass is 16.7. The third-order valence-electron chi connectivity index (χ3n) is 3.88. The summed E-state index contributed by atoms with van der Waals surface area (Å²) in [5, 5.41) is 10.2. The van der Waals surface area contributed by atoms with Gasteiger partial charge in [-0.15, -0.1) is 5.06 Å². The van der Waals surface area contributed by atoms with Gasteiger partial charge in [0.15, 0.2) is 0 Å². The lowest BCUT2D eigenvalue weighted by molar-refractivity contribution is -0.166. The topological polar surface area (TPSA) is 66.8 Å². The van der Waals surface area contributed by atoms with E-state index < -0.39 is 0 Å². The van der Waals surface area contributed by atoms with Crippen molar-refractivity contribution in [1.82, 2.24) is 5.06 Å². The summed E-state index contributed by atoms with van der Waals surface area (Å²) < 4.78 is 0. The number of imide groups is 1. The van der Waals surface area contributed by atoms with Crippen LogP contribution in [0.1, 0.15) is 33.6 Å². The Morgan fingerprint density at radius 1 is 1.25 bits per heavy atom. The van der Waals surface area contributed by atoms with Crippen molar-refractivity contribution in [3.8, 4) is 0 Å². The molecule has 0 unspecified atom stereocenters. The molecule has 1 aromatic carbocycles. The first kappa shape index (κ1) is 13.3. The number of fused-ring (bicyclic) bond motifs is 1. The zero-order valence-corrected chi connectivity index (χ0v) is 11.3. The van der Waals surface area contributed by atoms with E-state index in [1.807, 2.05) is 0 Å². The quantitative estimate of drug-likeness (QED) is 0.668. The van der Waals surface area contributed by atoms with E-state index in [1.54, 1.807) is 31.1 Å². The first-order valence-electron chi connectivity index (χ1n) is 6.89. The fraction of sp³-hybridized carbons (Fsp3) is 0.429. The predicted molar refractivity (Wildman–Crippen MR) is 73.2 cm³/mol. The van der Waals surface area contributed by atoms with E-state index in [0.717, 1.165) is 24.2 Å². The molecule has 6 heteroatoms. The second kappa shape index (κ2) is 5.03. The molecular weight excluding hydrogens is 257 g/mol. The highest BCUT2D eigenvalue weighted by Crippen LogP contribution is 2.35. The second-order valence-corrected chi connectivity index (χ2v) is 5.60. The number of hydroxylamine groups is 2. The van der Waals surface area contributed by atoms with Gasteiger partial charge in [0.25, 0.3) is 18.7 Å². The van der Waals surface area contributed by atoms with Gasteiger partial charge in [-0.2, -0.15) is 0 Å². The average molecular weight is 273 g/mol. The van der Waals surface area contributed by atoms with Crippen molar-refractivity contribution >= 4 is 18.7 Å². The van der Waals surface area contributed by atoms with Crippen LogP contribution in [0.5, 0.6) is 0 Å². The molecule has 1 saturated carbocycles. The average Bonchev–Trinajstić information content (AvgIpc) is 2.61. The van der Waals surface area contributed by atoms with Gasteiger partial charge >= 0.3 is 0 Å². The molecule has 3 rings (SSSR count). The van der Waals surface area contributed by atoms with Gasteiger partial charge in [0, 0.05) is 0 Å². The van der Waals surface area contributed by atoms with E-state index in [9.17, 15) is 14.6 Å². The minimum atomic E-state index is -0.385. The number of nitrogens with zero attached hydrogens (tertiary/aromatic N) is 1. The fourth-order valence-corrected chi connectivity index (χ4v) is 2.85. The summed E-state index contributed by atoms with van der Waals surface area (Å²) in [5.41, 5.74) is 0.801. The van der Waals surface area contributed by atoms with Crippen LogP contribution in [-0.4, -0.2) is 34.9 Å². The first-order valence-corrected chi connectivity index (χ1v) is 6.89. The fourth-order valence-electron chi connectivity index (χ4n) is 2.85. The molecule has 2 amide bonds. The second-order valence-electron chi connectivity index (χ2n) is 5.60. The lowest BCUT2D eigenvalue weighted by atomic mass is 9.59. The normalized spacial score (nSPS) is 24.6.